The summed E-state index contributed by atoms with van der Waals surface area (Å²) in [5.41, 5.74) is 5.38. The van der Waals surface area contributed by atoms with Crippen LogP contribution in [0.4, 0.5) is 5.82 Å². The second-order valence-corrected chi connectivity index (χ2v) is 8.19. The number of nitrogens with zero attached hydrogens (tertiary/aromatic N) is 5. The van der Waals surface area contributed by atoms with Crippen molar-refractivity contribution in [2.45, 2.75) is 0 Å². The molecule has 1 fully saturated rings. The lowest BCUT2D eigenvalue weighted by Crippen LogP contribution is -2.37. The van der Waals surface area contributed by atoms with E-state index < -0.39 is 0 Å². The van der Waals surface area contributed by atoms with E-state index in [1.807, 2.05) is 78.9 Å². The number of hydrogen-bond donors (Lipinski definition) is 0. The highest BCUT2D eigenvalue weighted by atomic mass is 16.5. The van der Waals surface area contributed by atoms with Gasteiger partial charge < -0.3 is 9.64 Å². The molecule has 34 heavy (non-hydrogen) atoms. The van der Waals surface area contributed by atoms with Crippen LogP contribution in [0.1, 0.15) is 0 Å². The second-order valence-electron chi connectivity index (χ2n) is 8.19. The van der Waals surface area contributed by atoms with Gasteiger partial charge in [0.15, 0.2) is 11.6 Å². The van der Waals surface area contributed by atoms with Gasteiger partial charge in [-0.05, 0) is 0 Å². The molecule has 0 saturated carbocycles. The Morgan fingerprint density at radius 1 is 0.588 bits per heavy atom. The van der Waals surface area contributed by atoms with E-state index >= 15 is 0 Å². The van der Waals surface area contributed by atoms with Crippen molar-refractivity contribution >= 4 is 16.7 Å². The van der Waals surface area contributed by atoms with Gasteiger partial charge in [-0.15, -0.1) is 10.2 Å². The molecule has 0 N–H and O–H groups in total. The zero-order chi connectivity index (χ0) is 22.7. The van der Waals surface area contributed by atoms with Gasteiger partial charge in [0.25, 0.3) is 0 Å². The number of hydrogen-bond acceptors (Lipinski definition) is 6. The van der Waals surface area contributed by atoms with Crippen LogP contribution < -0.4 is 4.90 Å². The van der Waals surface area contributed by atoms with Crippen LogP contribution in [0.25, 0.3) is 44.8 Å². The van der Waals surface area contributed by atoms with Crippen LogP contribution in [-0.4, -0.2) is 46.5 Å². The molecule has 1 saturated heterocycles. The van der Waals surface area contributed by atoms with Crippen LogP contribution in [0, 0.1) is 0 Å². The summed E-state index contributed by atoms with van der Waals surface area (Å²) in [6, 6.07) is 30.5. The van der Waals surface area contributed by atoms with Crippen LogP contribution >= 0.6 is 0 Å². The van der Waals surface area contributed by atoms with E-state index in [1.54, 1.807) is 0 Å². The molecule has 0 atom stereocenters. The molecule has 6 heteroatoms. The smallest absolute Gasteiger partial charge is 0.163 e. The highest BCUT2D eigenvalue weighted by Crippen LogP contribution is 2.38. The van der Waals surface area contributed by atoms with Gasteiger partial charge in [0.1, 0.15) is 11.2 Å². The van der Waals surface area contributed by atoms with Crippen molar-refractivity contribution in [1.29, 1.82) is 0 Å². The molecule has 0 amide bonds. The second kappa shape index (κ2) is 9.00. The minimum atomic E-state index is 0.660. The number of benzene rings is 3. The Balaban J connectivity index is 1.71. The Bertz CT molecular complexity index is 1420. The first-order chi connectivity index (χ1) is 16.9. The van der Waals surface area contributed by atoms with Crippen molar-refractivity contribution in [2.75, 3.05) is 31.2 Å². The summed E-state index contributed by atoms with van der Waals surface area (Å²) in [5.74, 6) is 1.47. The highest BCUT2D eigenvalue weighted by Gasteiger charge is 2.24. The Hall–Kier alpha value is -4.16. The van der Waals surface area contributed by atoms with Gasteiger partial charge in [-0.1, -0.05) is 91.0 Å². The fourth-order valence-corrected chi connectivity index (χ4v) is 4.35. The number of morpholine rings is 1. The molecular weight excluding hydrogens is 422 g/mol. The number of fused-ring (bicyclic) bond motifs is 1. The lowest BCUT2D eigenvalue weighted by atomic mass is 10.0. The summed E-state index contributed by atoms with van der Waals surface area (Å²) in [7, 11) is 0. The molecule has 5 aromatic rings. The van der Waals surface area contributed by atoms with E-state index in [2.05, 4.69) is 17.0 Å². The predicted octanol–water partition coefficient (Wildman–Crippen LogP) is 5.26. The topological polar surface area (TPSA) is 64.0 Å². The van der Waals surface area contributed by atoms with Crippen LogP contribution in [0.15, 0.2) is 91.0 Å². The average molecular weight is 446 g/mol. The van der Waals surface area contributed by atoms with E-state index in [-0.39, 0.29) is 0 Å². The van der Waals surface area contributed by atoms with Crippen LogP contribution in [0.3, 0.4) is 0 Å². The summed E-state index contributed by atoms with van der Waals surface area (Å²) >= 11 is 0. The van der Waals surface area contributed by atoms with Gasteiger partial charge in [0, 0.05) is 29.8 Å². The first-order valence-corrected chi connectivity index (χ1v) is 11.5. The molecule has 166 valence electrons. The maximum Gasteiger partial charge on any atom is 0.163 e. The number of rotatable bonds is 4. The van der Waals surface area contributed by atoms with E-state index in [9.17, 15) is 0 Å². The zero-order valence-electron chi connectivity index (χ0n) is 18.6. The number of aromatic nitrogens is 4. The molecule has 0 radical (unpaired) electrons. The Labute approximate surface area is 197 Å². The summed E-state index contributed by atoms with van der Waals surface area (Å²) in [5, 5.41) is 10.4. The molecule has 0 bridgehead atoms. The van der Waals surface area contributed by atoms with Gasteiger partial charge in [-0.25, -0.2) is 9.97 Å². The van der Waals surface area contributed by atoms with Crippen LogP contribution in [0.2, 0.25) is 0 Å². The minimum absolute atomic E-state index is 0.660. The van der Waals surface area contributed by atoms with Gasteiger partial charge in [0.2, 0.25) is 0 Å². The molecular formula is C28H23N5O. The van der Waals surface area contributed by atoms with Crippen molar-refractivity contribution in [2.24, 2.45) is 0 Å². The molecule has 0 spiro atoms. The summed E-state index contributed by atoms with van der Waals surface area (Å²) in [4.78, 5) is 12.4. The van der Waals surface area contributed by atoms with E-state index in [0.29, 0.717) is 19.0 Å². The first kappa shape index (κ1) is 20.4. The van der Waals surface area contributed by atoms with Gasteiger partial charge in [-0.3, -0.25) is 0 Å². The highest BCUT2D eigenvalue weighted by molar-refractivity contribution is 6.06. The zero-order valence-corrected chi connectivity index (χ0v) is 18.6. The molecule has 0 unspecified atom stereocenters. The third kappa shape index (κ3) is 3.78. The molecule has 2 aromatic heterocycles. The Morgan fingerprint density at radius 2 is 1.15 bits per heavy atom. The lowest BCUT2D eigenvalue weighted by molar-refractivity contribution is 0.122. The average Bonchev–Trinajstić information content (AvgIpc) is 2.94. The summed E-state index contributed by atoms with van der Waals surface area (Å²) < 4.78 is 5.60. The third-order valence-corrected chi connectivity index (χ3v) is 6.04. The fourth-order valence-electron chi connectivity index (χ4n) is 4.35. The van der Waals surface area contributed by atoms with Gasteiger partial charge in [0.05, 0.1) is 24.3 Å². The van der Waals surface area contributed by atoms with Crippen LogP contribution in [-0.2, 0) is 4.74 Å². The first-order valence-electron chi connectivity index (χ1n) is 11.5. The van der Waals surface area contributed by atoms with Crippen molar-refractivity contribution in [3.63, 3.8) is 0 Å². The number of anilines is 1. The normalized spacial score (nSPS) is 13.8. The molecule has 1 aliphatic rings. The van der Waals surface area contributed by atoms with Crippen molar-refractivity contribution in [3.05, 3.63) is 91.0 Å². The molecule has 0 aliphatic carbocycles. The monoisotopic (exact) mass is 445 g/mol. The van der Waals surface area contributed by atoms with E-state index in [4.69, 9.17) is 24.9 Å². The lowest BCUT2D eigenvalue weighted by Gasteiger charge is -2.29. The summed E-state index contributed by atoms with van der Waals surface area (Å²) in [6.45, 7) is 2.83. The standard InChI is InChI=1S/C28H23N5O/c1-4-10-20(11-5-1)24-23-26(30-27(29-24)22-14-8-3-9-15-22)25(21-12-6-2-7-13-21)31-32-28(23)33-16-18-34-19-17-33/h1-15H,16-19H2. The SMILES string of the molecule is c1ccc(-c2nc(-c3ccccc3)c3c(N4CCOCC4)nnc(-c4ccccc4)c3n2)cc1. The maximum absolute atomic E-state index is 5.60. The third-order valence-electron chi connectivity index (χ3n) is 6.04. The quantitative estimate of drug-likeness (QED) is 0.376. The molecule has 6 rings (SSSR count). The van der Waals surface area contributed by atoms with Crippen LogP contribution in [0.5, 0.6) is 0 Å². The van der Waals surface area contributed by atoms with E-state index in [1.165, 1.54) is 0 Å². The molecule has 6 nitrogen and oxygen atoms in total. The maximum atomic E-state index is 5.60. The Kier molecular flexibility index (Phi) is 5.41. The minimum Gasteiger partial charge on any atom is -0.378 e. The van der Waals surface area contributed by atoms with Crippen molar-refractivity contribution in [1.82, 2.24) is 20.2 Å². The molecule has 3 heterocycles. The van der Waals surface area contributed by atoms with Crippen molar-refractivity contribution in [3.8, 4) is 33.9 Å². The molecule has 1 aliphatic heterocycles. The van der Waals surface area contributed by atoms with Crippen molar-refractivity contribution < 1.29 is 4.74 Å². The fraction of sp³-hybridized carbons (Fsp3) is 0.143. The Morgan fingerprint density at radius 3 is 1.76 bits per heavy atom. The largest absolute Gasteiger partial charge is 0.378 e. The van der Waals surface area contributed by atoms with Gasteiger partial charge >= 0.3 is 0 Å². The number of ether oxygens (including phenoxy) is 1. The van der Waals surface area contributed by atoms with Gasteiger partial charge in [-0.2, -0.15) is 0 Å². The summed E-state index contributed by atoms with van der Waals surface area (Å²) in [6.07, 6.45) is 0. The predicted molar refractivity (Wildman–Crippen MR) is 134 cm³/mol. The molecule has 3 aromatic carbocycles. The van der Waals surface area contributed by atoms with E-state index in [0.717, 1.165) is 57.9 Å².